The predicted octanol–water partition coefficient (Wildman–Crippen LogP) is 4.19. The fourth-order valence-electron chi connectivity index (χ4n) is 4.59. The number of aromatic nitrogens is 1. The van der Waals surface area contributed by atoms with Gasteiger partial charge in [-0.25, -0.2) is 0 Å². The summed E-state index contributed by atoms with van der Waals surface area (Å²) < 4.78 is 5.98. The second-order valence-electron chi connectivity index (χ2n) is 9.04. The largest absolute Gasteiger partial charge is 0.353 e. The highest BCUT2D eigenvalue weighted by Crippen LogP contribution is 2.39. The number of hydrogen-bond acceptors (Lipinski definition) is 5. The molecule has 3 aromatic rings. The quantitative estimate of drug-likeness (QED) is 0.553. The SMILES string of the molecule is Cc1cccc(/C=C/C(=O)NCC2CC2CN2CCN(c3nsc4ccccc34)CC2)c1. The monoisotopic (exact) mass is 446 g/mol. The van der Waals surface area contributed by atoms with Crippen LogP contribution in [0.1, 0.15) is 17.5 Å². The van der Waals surface area contributed by atoms with Gasteiger partial charge in [0.15, 0.2) is 0 Å². The zero-order valence-electron chi connectivity index (χ0n) is 18.5. The molecule has 1 aliphatic carbocycles. The van der Waals surface area contributed by atoms with Crippen molar-refractivity contribution in [2.75, 3.05) is 44.2 Å². The molecule has 2 unspecified atom stereocenters. The number of carbonyl (C=O) groups excluding carboxylic acids is 1. The van der Waals surface area contributed by atoms with Crippen LogP contribution in [0.3, 0.4) is 0 Å². The second-order valence-corrected chi connectivity index (χ2v) is 9.84. The summed E-state index contributed by atoms with van der Waals surface area (Å²) in [5.41, 5.74) is 2.27. The summed E-state index contributed by atoms with van der Waals surface area (Å²) in [5, 5.41) is 4.36. The molecule has 2 heterocycles. The Kier molecular flexibility index (Phi) is 6.23. The van der Waals surface area contributed by atoms with Gasteiger partial charge in [-0.15, -0.1) is 0 Å². The van der Waals surface area contributed by atoms with Gasteiger partial charge < -0.3 is 10.2 Å². The highest BCUT2D eigenvalue weighted by atomic mass is 32.1. The average Bonchev–Trinajstić information content (AvgIpc) is 3.41. The molecule has 1 aromatic heterocycles. The number of benzene rings is 2. The predicted molar refractivity (Wildman–Crippen MR) is 133 cm³/mol. The summed E-state index contributed by atoms with van der Waals surface area (Å²) in [5.74, 6) is 2.48. The minimum Gasteiger partial charge on any atom is -0.353 e. The summed E-state index contributed by atoms with van der Waals surface area (Å²) >= 11 is 1.60. The highest BCUT2D eigenvalue weighted by molar-refractivity contribution is 7.13. The third-order valence-electron chi connectivity index (χ3n) is 6.60. The molecule has 6 heteroatoms. The van der Waals surface area contributed by atoms with E-state index < -0.39 is 0 Å². The molecule has 1 saturated heterocycles. The average molecular weight is 447 g/mol. The summed E-state index contributed by atoms with van der Waals surface area (Å²) in [6, 6.07) is 16.7. The third kappa shape index (κ3) is 5.03. The van der Waals surface area contributed by atoms with E-state index >= 15 is 0 Å². The molecule has 2 fully saturated rings. The van der Waals surface area contributed by atoms with Crippen molar-refractivity contribution in [1.29, 1.82) is 0 Å². The molecule has 32 heavy (non-hydrogen) atoms. The standard InChI is InChI=1S/C26H30N4OS/c1-19-5-4-6-20(15-19)9-10-25(31)27-17-21-16-22(21)18-29-11-13-30(14-12-29)26-23-7-2-3-8-24(23)32-28-26/h2-10,15,21-22H,11-14,16-18H2,1H3,(H,27,31)/b10-9+. The van der Waals surface area contributed by atoms with Gasteiger partial charge in [-0.3, -0.25) is 9.69 Å². The van der Waals surface area contributed by atoms with E-state index in [4.69, 9.17) is 4.37 Å². The number of carbonyl (C=O) groups is 1. The Morgan fingerprint density at radius 3 is 2.81 bits per heavy atom. The Labute approximate surface area is 193 Å². The van der Waals surface area contributed by atoms with Crippen LogP contribution in [-0.2, 0) is 4.79 Å². The Balaban J connectivity index is 1.03. The summed E-state index contributed by atoms with van der Waals surface area (Å²) in [6.45, 7) is 8.22. The molecule has 1 N–H and O–H groups in total. The molecule has 1 amide bonds. The third-order valence-corrected chi connectivity index (χ3v) is 7.42. The van der Waals surface area contributed by atoms with Crippen LogP contribution in [0, 0.1) is 18.8 Å². The molecule has 1 saturated carbocycles. The van der Waals surface area contributed by atoms with E-state index in [9.17, 15) is 4.79 Å². The number of piperazine rings is 1. The maximum absolute atomic E-state index is 12.2. The topological polar surface area (TPSA) is 48.5 Å². The van der Waals surface area contributed by atoms with Crippen LogP contribution >= 0.6 is 11.5 Å². The maximum Gasteiger partial charge on any atom is 0.244 e. The molecule has 2 aromatic carbocycles. The van der Waals surface area contributed by atoms with Crippen LogP contribution < -0.4 is 10.2 Å². The van der Waals surface area contributed by atoms with Crippen molar-refractivity contribution in [2.45, 2.75) is 13.3 Å². The number of nitrogens with zero attached hydrogens (tertiary/aromatic N) is 3. The minimum atomic E-state index is 0.00117. The highest BCUT2D eigenvalue weighted by Gasteiger charge is 2.38. The fourth-order valence-corrected chi connectivity index (χ4v) is 5.39. The van der Waals surface area contributed by atoms with E-state index in [1.165, 1.54) is 22.1 Å². The van der Waals surface area contributed by atoms with Gasteiger partial charge in [0, 0.05) is 50.7 Å². The van der Waals surface area contributed by atoms with Crippen molar-refractivity contribution < 1.29 is 4.79 Å². The Bertz CT molecular complexity index is 1120. The summed E-state index contributed by atoms with van der Waals surface area (Å²) in [7, 11) is 0. The van der Waals surface area contributed by atoms with Crippen molar-refractivity contribution in [3.8, 4) is 0 Å². The van der Waals surface area contributed by atoms with E-state index in [1.54, 1.807) is 17.6 Å². The first-order chi connectivity index (χ1) is 15.7. The fraction of sp³-hybridized carbons (Fsp3) is 0.385. The molecule has 166 valence electrons. The van der Waals surface area contributed by atoms with E-state index in [0.29, 0.717) is 11.8 Å². The Hall–Kier alpha value is -2.70. The number of hydrogen-bond donors (Lipinski definition) is 1. The Morgan fingerprint density at radius 1 is 1.12 bits per heavy atom. The molecule has 2 atom stereocenters. The van der Waals surface area contributed by atoms with Gasteiger partial charge in [0.05, 0.1) is 4.70 Å². The molecule has 5 rings (SSSR count). The number of aryl methyl sites for hydroxylation is 1. The lowest BCUT2D eigenvalue weighted by Crippen LogP contribution is -2.47. The zero-order chi connectivity index (χ0) is 21.9. The second kappa shape index (κ2) is 9.43. The minimum absolute atomic E-state index is 0.00117. The van der Waals surface area contributed by atoms with Crippen LogP contribution in [-0.4, -0.2) is 54.4 Å². The maximum atomic E-state index is 12.2. The number of amides is 1. The molecule has 2 aliphatic rings. The van der Waals surface area contributed by atoms with E-state index in [-0.39, 0.29) is 5.91 Å². The number of nitrogens with one attached hydrogen (secondary N) is 1. The normalized spacial score (nSPS) is 21.3. The van der Waals surface area contributed by atoms with E-state index in [2.05, 4.69) is 58.4 Å². The zero-order valence-corrected chi connectivity index (χ0v) is 19.4. The van der Waals surface area contributed by atoms with Crippen LogP contribution in [0.4, 0.5) is 5.82 Å². The molecule has 0 radical (unpaired) electrons. The molecule has 0 bridgehead atoms. The van der Waals surface area contributed by atoms with Gasteiger partial charge in [0.2, 0.25) is 5.91 Å². The van der Waals surface area contributed by atoms with Crippen LogP contribution in [0.25, 0.3) is 16.2 Å². The van der Waals surface area contributed by atoms with Crippen LogP contribution in [0.15, 0.2) is 54.6 Å². The van der Waals surface area contributed by atoms with Crippen LogP contribution in [0.5, 0.6) is 0 Å². The van der Waals surface area contributed by atoms with Gasteiger partial charge in [-0.1, -0.05) is 42.0 Å². The first-order valence-corrected chi connectivity index (χ1v) is 12.3. The molecule has 5 nitrogen and oxygen atoms in total. The lowest BCUT2D eigenvalue weighted by molar-refractivity contribution is -0.116. The van der Waals surface area contributed by atoms with E-state index in [0.717, 1.165) is 50.6 Å². The van der Waals surface area contributed by atoms with Gasteiger partial charge in [-0.05, 0) is 60.5 Å². The van der Waals surface area contributed by atoms with Crippen molar-refractivity contribution in [3.63, 3.8) is 0 Å². The van der Waals surface area contributed by atoms with Gasteiger partial charge >= 0.3 is 0 Å². The lowest BCUT2D eigenvalue weighted by atomic mass is 10.1. The van der Waals surface area contributed by atoms with Crippen molar-refractivity contribution in [1.82, 2.24) is 14.6 Å². The molecular weight excluding hydrogens is 416 g/mol. The van der Waals surface area contributed by atoms with Gasteiger partial charge in [0.25, 0.3) is 0 Å². The number of rotatable bonds is 7. The van der Waals surface area contributed by atoms with Crippen molar-refractivity contribution >= 4 is 39.4 Å². The molecular formula is C26H30N4OS. The molecule has 0 spiro atoms. The van der Waals surface area contributed by atoms with Crippen molar-refractivity contribution in [3.05, 3.63) is 65.7 Å². The number of fused-ring (bicyclic) bond motifs is 1. The van der Waals surface area contributed by atoms with Crippen LogP contribution in [0.2, 0.25) is 0 Å². The molecule has 1 aliphatic heterocycles. The first kappa shape index (κ1) is 21.2. The first-order valence-electron chi connectivity index (χ1n) is 11.5. The summed E-state index contributed by atoms with van der Waals surface area (Å²) in [4.78, 5) is 17.2. The Morgan fingerprint density at radius 2 is 1.97 bits per heavy atom. The summed E-state index contributed by atoms with van der Waals surface area (Å²) in [6.07, 6.45) is 4.75. The lowest BCUT2D eigenvalue weighted by Gasteiger charge is -2.35. The number of anilines is 1. The smallest absolute Gasteiger partial charge is 0.244 e. The van der Waals surface area contributed by atoms with Gasteiger partial charge in [0.1, 0.15) is 5.82 Å². The van der Waals surface area contributed by atoms with Crippen molar-refractivity contribution in [2.24, 2.45) is 11.8 Å². The van der Waals surface area contributed by atoms with E-state index in [1.807, 2.05) is 18.2 Å². The van der Waals surface area contributed by atoms with Gasteiger partial charge in [-0.2, -0.15) is 4.37 Å².